The largest absolute Gasteiger partial charge is 2.00 e. The summed E-state index contributed by atoms with van der Waals surface area (Å²) in [6.07, 6.45) is 11.5. The van der Waals surface area contributed by atoms with Crippen molar-refractivity contribution < 1.29 is 25.8 Å². The number of aromatic nitrogens is 4. The van der Waals surface area contributed by atoms with Gasteiger partial charge >= 0.3 is 21.1 Å². The van der Waals surface area contributed by atoms with Crippen LogP contribution >= 0.6 is 0 Å². The van der Waals surface area contributed by atoms with Gasteiger partial charge < -0.3 is 9.30 Å². The molecule has 0 aliphatic carbocycles. The Hall–Kier alpha value is -4.47. The number of nitrogens with zero attached hydrogens (tertiary/aromatic N) is 4. The first-order valence-electron chi connectivity index (χ1n) is 16.8. The predicted molar refractivity (Wildman–Crippen MR) is 192 cm³/mol. The van der Waals surface area contributed by atoms with Gasteiger partial charge in [0.05, 0.1) is 6.20 Å². The van der Waals surface area contributed by atoms with Crippen molar-refractivity contribution in [3.63, 3.8) is 0 Å². The number of ether oxygens (including phenoxy) is 1. The second-order valence-corrected chi connectivity index (χ2v) is 12.3. The van der Waals surface area contributed by atoms with E-state index in [4.69, 9.17) is 14.8 Å². The third-order valence-electron chi connectivity index (χ3n) is 9.06. The van der Waals surface area contributed by atoms with E-state index < -0.39 is 0 Å². The van der Waals surface area contributed by atoms with E-state index >= 15 is 0 Å². The van der Waals surface area contributed by atoms with Gasteiger partial charge in [0, 0.05) is 35.0 Å². The summed E-state index contributed by atoms with van der Waals surface area (Å²) in [6.45, 7) is 11.2. The van der Waals surface area contributed by atoms with Crippen molar-refractivity contribution in [2.24, 2.45) is 0 Å². The molecule has 0 fully saturated rings. The zero-order valence-corrected chi connectivity index (χ0v) is 30.5. The van der Waals surface area contributed by atoms with Gasteiger partial charge in [-0.05, 0) is 95.8 Å². The van der Waals surface area contributed by atoms with Crippen LogP contribution in [0.15, 0.2) is 91.4 Å². The van der Waals surface area contributed by atoms with Crippen LogP contribution in [0.1, 0.15) is 61.4 Å². The number of hydrogen-bond acceptors (Lipinski definition) is 3. The van der Waals surface area contributed by atoms with Crippen LogP contribution in [0.25, 0.3) is 44.4 Å². The minimum atomic E-state index is 0. The van der Waals surface area contributed by atoms with Gasteiger partial charge in [0.2, 0.25) is 0 Å². The summed E-state index contributed by atoms with van der Waals surface area (Å²) in [7, 11) is 0. The van der Waals surface area contributed by atoms with Gasteiger partial charge in [-0.15, -0.1) is 35.7 Å². The predicted octanol–water partition coefficient (Wildman–Crippen LogP) is 10.5. The maximum Gasteiger partial charge on any atom is 2.00 e. The molecule has 7 aromatic rings. The molecule has 0 N–H and O–H groups in total. The molecule has 0 spiro atoms. The van der Waals surface area contributed by atoms with Gasteiger partial charge in [-0.25, -0.2) is 4.98 Å². The van der Waals surface area contributed by atoms with Gasteiger partial charge in [-0.2, -0.15) is 17.2 Å². The fourth-order valence-electron chi connectivity index (χ4n) is 6.92. The molecular weight excluding hydrogens is 772 g/mol. The van der Waals surface area contributed by atoms with Crippen molar-refractivity contribution in [1.29, 1.82) is 0 Å². The van der Waals surface area contributed by atoms with E-state index in [-0.39, 0.29) is 21.1 Å². The van der Waals surface area contributed by atoms with Crippen molar-refractivity contribution in [2.75, 3.05) is 0 Å². The Bertz CT molecular complexity index is 2230. The van der Waals surface area contributed by atoms with Crippen LogP contribution in [0.2, 0.25) is 0 Å². The molecule has 3 aromatic heterocycles. The quantitative estimate of drug-likeness (QED) is 0.129. The van der Waals surface area contributed by atoms with E-state index in [0.29, 0.717) is 11.5 Å². The average Bonchev–Trinajstić information content (AvgIpc) is 3.69. The fraction of sp³-hybridized carbons (Fsp3) is 0.238. The number of pyridine rings is 1. The second kappa shape index (κ2) is 14.3. The van der Waals surface area contributed by atoms with E-state index in [1.54, 1.807) is 0 Å². The maximum absolute atomic E-state index is 6.40. The van der Waals surface area contributed by atoms with Crippen molar-refractivity contribution in [3.05, 3.63) is 131 Å². The van der Waals surface area contributed by atoms with Crippen molar-refractivity contribution in [1.82, 2.24) is 19.3 Å². The summed E-state index contributed by atoms with van der Waals surface area (Å²) in [5, 5.41) is 7.05. The Morgan fingerprint density at radius 2 is 1.60 bits per heavy atom. The molecule has 5 nitrogen and oxygen atoms in total. The van der Waals surface area contributed by atoms with E-state index in [9.17, 15) is 0 Å². The molecule has 48 heavy (non-hydrogen) atoms. The van der Waals surface area contributed by atoms with Gasteiger partial charge in [0.25, 0.3) is 0 Å². The number of fused-ring (bicyclic) bond motifs is 3. The van der Waals surface area contributed by atoms with E-state index in [1.807, 2.05) is 47.4 Å². The molecule has 0 saturated heterocycles. The first-order chi connectivity index (χ1) is 23.0. The molecule has 0 amide bonds. The van der Waals surface area contributed by atoms with E-state index in [0.717, 1.165) is 76.5 Å². The minimum Gasteiger partial charge on any atom is -0.509 e. The third-order valence-corrected chi connectivity index (χ3v) is 9.06. The Morgan fingerprint density at radius 1 is 0.792 bits per heavy atom. The molecule has 0 saturated carbocycles. The molecule has 3 heterocycles. The monoisotopic (exact) mass is 811 g/mol. The SMILES string of the molecule is CCCc1cc(CC)c(-c2cnn(-c3[c-]c(Oc4[c-]c5c(cc4)c4ccccc4n5-c4cc(C)ccn4)ccc3)c2)c(C)c1CCC.[Pt+2]. The van der Waals surface area contributed by atoms with Crippen LogP contribution in [0.5, 0.6) is 11.5 Å². The van der Waals surface area contributed by atoms with E-state index in [2.05, 4.69) is 100.0 Å². The Morgan fingerprint density at radius 3 is 2.40 bits per heavy atom. The summed E-state index contributed by atoms with van der Waals surface area (Å²) in [5.74, 6) is 2.07. The standard InChI is InChI=1S/C42H40N4O.Pt/c1-6-12-31-23-30(8-3)42(29(5)36(31)13-7-2)32-26-44-45(27-32)33-14-11-15-34(24-33)47-35-18-19-38-37-16-9-10-17-39(37)46(40(38)25-35)41-22-28(4)20-21-43-41;/h9-11,14-23,26-27H,6-8,12-13H2,1-5H3;/q-2;+2. The molecule has 6 heteroatoms. The summed E-state index contributed by atoms with van der Waals surface area (Å²) >= 11 is 0. The topological polar surface area (TPSA) is 44.9 Å². The second-order valence-electron chi connectivity index (χ2n) is 12.3. The van der Waals surface area contributed by atoms with Crippen LogP contribution in [-0.4, -0.2) is 19.3 Å². The van der Waals surface area contributed by atoms with Crippen LogP contribution in [0.4, 0.5) is 0 Å². The number of rotatable bonds is 10. The van der Waals surface area contributed by atoms with E-state index in [1.165, 1.54) is 27.8 Å². The summed E-state index contributed by atoms with van der Waals surface area (Å²) in [4.78, 5) is 4.69. The number of hydrogen-bond donors (Lipinski definition) is 0. The van der Waals surface area contributed by atoms with Crippen LogP contribution < -0.4 is 4.74 Å². The summed E-state index contributed by atoms with van der Waals surface area (Å²) in [6, 6.07) is 31.9. The third kappa shape index (κ3) is 6.24. The van der Waals surface area contributed by atoms with Gasteiger partial charge in [-0.3, -0.25) is 4.68 Å². The van der Waals surface area contributed by atoms with Crippen molar-refractivity contribution in [3.8, 4) is 34.1 Å². The molecule has 244 valence electrons. The molecule has 0 atom stereocenters. The Balaban J connectivity index is 0.00000401. The Kier molecular flexibility index (Phi) is 9.98. The Labute approximate surface area is 297 Å². The van der Waals surface area contributed by atoms with Gasteiger partial charge in [0.1, 0.15) is 5.82 Å². The molecule has 0 radical (unpaired) electrons. The van der Waals surface area contributed by atoms with Gasteiger partial charge in [0.15, 0.2) is 0 Å². The maximum atomic E-state index is 6.40. The average molecular weight is 812 g/mol. The molecular formula is C42H40N4OPt. The normalized spacial score (nSPS) is 11.3. The molecule has 0 unspecified atom stereocenters. The molecule has 0 aliphatic rings. The molecule has 4 aromatic carbocycles. The summed E-state index contributed by atoms with van der Waals surface area (Å²) in [5.41, 5.74) is 12.2. The molecule has 0 bridgehead atoms. The van der Waals surface area contributed by atoms with Crippen LogP contribution in [0, 0.1) is 26.0 Å². The minimum absolute atomic E-state index is 0. The zero-order valence-electron chi connectivity index (χ0n) is 28.2. The first-order valence-corrected chi connectivity index (χ1v) is 16.8. The fourth-order valence-corrected chi connectivity index (χ4v) is 6.92. The first kappa shape index (κ1) is 33.4. The summed E-state index contributed by atoms with van der Waals surface area (Å²) < 4.78 is 10.5. The smallest absolute Gasteiger partial charge is 0.509 e. The van der Waals surface area contributed by atoms with Crippen LogP contribution in [0.3, 0.4) is 0 Å². The zero-order chi connectivity index (χ0) is 32.5. The van der Waals surface area contributed by atoms with Crippen molar-refractivity contribution >= 4 is 21.8 Å². The molecule has 7 rings (SSSR count). The number of para-hydroxylation sites is 1. The van der Waals surface area contributed by atoms with Crippen molar-refractivity contribution in [2.45, 2.75) is 66.7 Å². The van der Waals surface area contributed by atoms with Crippen LogP contribution in [-0.2, 0) is 40.3 Å². The molecule has 0 aliphatic heterocycles. The number of benzene rings is 4. The van der Waals surface area contributed by atoms with Gasteiger partial charge in [-0.1, -0.05) is 63.4 Å². The number of aryl methyl sites for hydroxylation is 3.